The molecule has 0 radical (unpaired) electrons. The van der Waals surface area contributed by atoms with Gasteiger partial charge in [0.1, 0.15) is 11.9 Å². The first-order valence-electron chi connectivity index (χ1n) is 11.2. The molecule has 0 aromatic heterocycles. The third-order valence-corrected chi connectivity index (χ3v) is 6.40. The molecule has 4 rings (SSSR count). The summed E-state index contributed by atoms with van der Waals surface area (Å²) >= 11 is 0. The van der Waals surface area contributed by atoms with E-state index in [1.165, 1.54) is 32.4 Å². The van der Waals surface area contributed by atoms with Crippen molar-refractivity contribution >= 4 is 17.5 Å². The molecule has 2 aromatic rings. The van der Waals surface area contributed by atoms with E-state index in [9.17, 15) is 20.0 Å². The van der Waals surface area contributed by atoms with Crippen molar-refractivity contribution < 1.29 is 38.5 Å². The molecule has 1 N–H and O–H groups in total. The normalized spacial score (nSPS) is 25.0. The highest BCUT2D eigenvalue weighted by Crippen LogP contribution is 2.50. The highest BCUT2D eigenvalue weighted by Gasteiger charge is 2.56. The number of hydrogen-bond acceptors (Lipinski definition) is 10. The molecular weight excluding hydrogens is 460 g/mol. The Hall–Kier alpha value is -3.41. The fourth-order valence-corrected chi connectivity index (χ4v) is 4.88. The molecule has 0 bridgehead atoms. The van der Waals surface area contributed by atoms with Crippen LogP contribution in [0.1, 0.15) is 31.0 Å². The molecule has 11 nitrogen and oxygen atoms in total. The maximum Gasteiger partial charge on any atom is 0.510 e. The Balaban J connectivity index is 1.89. The number of carbonyl (C=O) groups is 1. The van der Waals surface area contributed by atoms with Crippen LogP contribution in [0, 0.1) is 10.1 Å². The van der Waals surface area contributed by atoms with Crippen LogP contribution in [0.5, 0.6) is 5.75 Å². The van der Waals surface area contributed by atoms with E-state index in [4.69, 9.17) is 23.7 Å². The Morgan fingerprint density at radius 3 is 2.66 bits per heavy atom. The standard InChI is InChI=1S/C24H28N2O9/c1-5-33-23(28)34-19-12-14-8-6-7-9-17(14)25(19)20-16-13-15(26(29)30)10-11-18(16)35-24(2,21(20)27)22(31-3)32-4/h6-11,13,19-22,27H,5,12H2,1-4H3/t19-,20-,21+,24+/m0/s1. The van der Waals surface area contributed by atoms with E-state index in [1.54, 1.807) is 18.7 Å². The molecule has 0 spiro atoms. The van der Waals surface area contributed by atoms with Crippen molar-refractivity contribution in [3.8, 4) is 5.75 Å². The van der Waals surface area contributed by atoms with Gasteiger partial charge in [-0.05, 0) is 31.5 Å². The van der Waals surface area contributed by atoms with Gasteiger partial charge in [-0.25, -0.2) is 4.79 Å². The molecule has 188 valence electrons. The van der Waals surface area contributed by atoms with E-state index < -0.39 is 41.3 Å². The molecule has 0 amide bonds. The fourth-order valence-electron chi connectivity index (χ4n) is 4.88. The number of aliphatic hydroxyl groups is 1. The molecule has 0 saturated heterocycles. The van der Waals surface area contributed by atoms with E-state index in [-0.39, 0.29) is 12.3 Å². The van der Waals surface area contributed by atoms with Crippen molar-refractivity contribution in [2.45, 2.75) is 50.5 Å². The third kappa shape index (κ3) is 4.26. The van der Waals surface area contributed by atoms with E-state index in [1.807, 2.05) is 24.3 Å². The highest BCUT2D eigenvalue weighted by molar-refractivity contribution is 5.66. The van der Waals surface area contributed by atoms with Crippen LogP contribution in [0.3, 0.4) is 0 Å². The van der Waals surface area contributed by atoms with Gasteiger partial charge in [0.15, 0.2) is 18.1 Å². The number of para-hydroxylation sites is 1. The number of carbonyl (C=O) groups excluding carboxylic acids is 1. The largest absolute Gasteiger partial charge is 0.510 e. The number of rotatable bonds is 7. The smallest absolute Gasteiger partial charge is 0.479 e. The van der Waals surface area contributed by atoms with Crippen LogP contribution in [-0.4, -0.2) is 61.2 Å². The number of hydrogen-bond donors (Lipinski definition) is 1. The van der Waals surface area contributed by atoms with E-state index >= 15 is 0 Å². The molecule has 0 aliphatic carbocycles. The monoisotopic (exact) mass is 488 g/mol. The topological polar surface area (TPSA) is 130 Å². The Morgan fingerprint density at radius 2 is 2.00 bits per heavy atom. The molecule has 0 unspecified atom stereocenters. The summed E-state index contributed by atoms with van der Waals surface area (Å²) in [5, 5.41) is 23.3. The van der Waals surface area contributed by atoms with Crippen molar-refractivity contribution in [2.75, 3.05) is 25.7 Å². The maximum atomic E-state index is 12.3. The minimum absolute atomic E-state index is 0.134. The minimum atomic E-state index is -1.41. The first kappa shape index (κ1) is 24.7. The number of non-ortho nitro benzene ring substituents is 1. The molecule has 0 saturated carbocycles. The summed E-state index contributed by atoms with van der Waals surface area (Å²) in [6.45, 7) is 3.44. The van der Waals surface area contributed by atoms with Gasteiger partial charge in [0, 0.05) is 44.0 Å². The van der Waals surface area contributed by atoms with Gasteiger partial charge < -0.3 is 33.7 Å². The van der Waals surface area contributed by atoms with Gasteiger partial charge in [-0.15, -0.1) is 0 Å². The lowest BCUT2D eigenvalue weighted by atomic mass is 9.83. The lowest BCUT2D eigenvalue weighted by Gasteiger charge is -2.50. The van der Waals surface area contributed by atoms with Crippen molar-refractivity contribution in [1.29, 1.82) is 0 Å². The van der Waals surface area contributed by atoms with E-state index in [0.29, 0.717) is 23.4 Å². The third-order valence-electron chi connectivity index (χ3n) is 6.40. The Bertz CT molecular complexity index is 1110. The van der Waals surface area contributed by atoms with Crippen molar-refractivity contribution in [2.24, 2.45) is 0 Å². The molecule has 2 aliphatic rings. The second kappa shape index (κ2) is 9.68. The summed E-state index contributed by atoms with van der Waals surface area (Å²) in [7, 11) is 2.85. The predicted octanol–water partition coefficient (Wildman–Crippen LogP) is 3.33. The fraction of sp³-hybridized carbons (Fsp3) is 0.458. The number of nitro groups is 1. The summed E-state index contributed by atoms with van der Waals surface area (Å²) in [5.41, 5.74) is 0.370. The van der Waals surface area contributed by atoms with Crippen LogP contribution < -0.4 is 9.64 Å². The number of fused-ring (bicyclic) bond motifs is 2. The maximum absolute atomic E-state index is 12.3. The van der Waals surface area contributed by atoms with E-state index in [2.05, 4.69) is 0 Å². The lowest BCUT2D eigenvalue weighted by Crippen LogP contribution is -2.63. The van der Waals surface area contributed by atoms with Crippen molar-refractivity contribution in [3.63, 3.8) is 0 Å². The lowest BCUT2D eigenvalue weighted by molar-refractivity contribution is -0.385. The van der Waals surface area contributed by atoms with Crippen LogP contribution in [0.2, 0.25) is 0 Å². The summed E-state index contributed by atoms with van der Waals surface area (Å²) in [5.74, 6) is 0.312. The number of ether oxygens (including phenoxy) is 5. The quantitative estimate of drug-likeness (QED) is 0.268. The first-order valence-corrected chi connectivity index (χ1v) is 11.2. The number of aliphatic hydroxyl groups excluding tert-OH is 1. The molecule has 4 atom stereocenters. The second-order valence-electron chi connectivity index (χ2n) is 8.45. The zero-order valence-electron chi connectivity index (χ0n) is 19.9. The minimum Gasteiger partial charge on any atom is -0.479 e. The van der Waals surface area contributed by atoms with Gasteiger partial charge in [0.25, 0.3) is 5.69 Å². The Kier molecular flexibility index (Phi) is 6.84. The summed E-state index contributed by atoms with van der Waals surface area (Å²) < 4.78 is 27.7. The summed E-state index contributed by atoms with van der Waals surface area (Å²) in [6, 6.07) is 10.7. The Labute approximate surface area is 202 Å². The summed E-state index contributed by atoms with van der Waals surface area (Å²) in [4.78, 5) is 25.1. The molecule has 0 fully saturated rings. The van der Waals surface area contributed by atoms with Crippen LogP contribution in [0.4, 0.5) is 16.2 Å². The number of nitrogens with zero attached hydrogens (tertiary/aromatic N) is 2. The molecule has 35 heavy (non-hydrogen) atoms. The predicted molar refractivity (Wildman–Crippen MR) is 123 cm³/mol. The van der Waals surface area contributed by atoms with Gasteiger partial charge in [0.05, 0.1) is 17.6 Å². The zero-order valence-corrected chi connectivity index (χ0v) is 19.9. The Morgan fingerprint density at radius 1 is 1.29 bits per heavy atom. The highest BCUT2D eigenvalue weighted by atomic mass is 16.7. The van der Waals surface area contributed by atoms with Crippen LogP contribution in [-0.2, 0) is 25.4 Å². The molecular formula is C24H28N2O9. The van der Waals surface area contributed by atoms with E-state index in [0.717, 1.165) is 5.56 Å². The van der Waals surface area contributed by atoms with Crippen LogP contribution in [0.25, 0.3) is 0 Å². The van der Waals surface area contributed by atoms with Gasteiger partial charge >= 0.3 is 6.16 Å². The van der Waals surface area contributed by atoms with Gasteiger partial charge in [-0.3, -0.25) is 10.1 Å². The molecule has 2 aromatic carbocycles. The van der Waals surface area contributed by atoms with Crippen LogP contribution >= 0.6 is 0 Å². The number of anilines is 1. The first-order chi connectivity index (χ1) is 16.7. The van der Waals surface area contributed by atoms with Crippen molar-refractivity contribution in [3.05, 3.63) is 63.7 Å². The molecule has 2 aliphatic heterocycles. The number of benzene rings is 2. The second-order valence-corrected chi connectivity index (χ2v) is 8.45. The van der Waals surface area contributed by atoms with Gasteiger partial charge in [-0.1, -0.05) is 18.2 Å². The molecule has 11 heteroatoms. The molecule has 2 heterocycles. The van der Waals surface area contributed by atoms with Gasteiger partial charge in [0.2, 0.25) is 0 Å². The average molecular weight is 488 g/mol. The number of nitro benzene ring substituents is 1. The average Bonchev–Trinajstić information content (AvgIpc) is 3.18. The van der Waals surface area contributed by atoms with Gasteiger partial charge in [-0.2, -0.15) is 0 Å². The summed E-state index contributed by atoms with van der Waals surface area (Å²) in [6.07, 6.45) is -3.67. The number of methoxy groups -OCH3 is 2. The zero-order chi connectivity index (χ0) is 25.3. The van der Waals surface area contributed by atoms with Crippen LogP contribution in [0.15, 0.2) is 42.5 Å². The SMILES string of the molecule is CCOC(=O)O[C@H]1Cc2ccccc2N1[C@H]1c2cc([N+](=O)[O-])ccc2O[C@@](C)(C(OC)OC)[C@@H]1O. The van der Waals surface area contributed by atoms with Crippen molar-refractivity contribution in [1.82, 2.24) is 0 Å².